The fraction of sp³-hybridized carbons (Fsp3) is 0.444. The van der Waals surface area contributed by atoms with Gasteiger partial charge in [-0.25, -0.2) is 4.98 Å². The van der Waals surface area contributed by atoms with Crippen LogP contribution in [-0.2, 0) is 4.74 Å². The Morgan fingerprint density at radius 2 is 1.93 bits per heavy atom. The van der Waals surface area contributed by atoms with Crippen LogP contribution in [-0.4, -0.2) is 18.2 Å². The summed E-state index contributed by atoms with van der Waals surface area (Å²) < 4.78 is 5.70. The molecule has 1 aromatic heterocycles. The summed E-state index contributed by atoms with van der Waals surface area (Å²) in [7, 11) is 0. The highest BCUT2D eigenvalue weighted by Gasteiger charge is 1.96. The Morgan fingerprint density at radius 3 is 2.29 bits per heavy atom. The Labute approximate surface area is 102 Å². The molecular weight excluding hydrogens is 289 g/mol. The molecule has 0 atom stereocenters. The molecule has 2 rings (SSSR count). The minimum atomic E-state index is 0.406. The van der Waals surface area contributed by atoms with Gasteiger partial charge in [-0.3, -0.25) is 0 Å². The molecule has 14 heavy (non-hydrogen) atoms. The molecule has 1 fully saturated rings. The maximum Gasteiger partial charge on any atom is 0.130 e. The van der Waals surface area contributed by atoms with Gasteiger partial charge in [-0.05, 0) is 34.8 Å². The Hall–Kier alpha value is 0.170. The van der Waals surface area contributed by atoms with Crippen molar-refractivity contribution in [1.82, 2.24) is 4.98 Å². The van der Waals surface area contributed by atoms with Crippen molar-refractivity contribution in [3.8, 4) is 0 Å². The van der Waals surface area contributed by atoms with Gasteiger partial charge in [0.2, 0.25) is 0 Å². The highest BCUT2D eigenvalue weighted by molar-refractivity contribution is 9.10. The van der Waals surface area contributed by atoms with Crippen LogP contribution in [0.4, 0.5) is 0 Å². The van der Waals surface area contributed by atoms with Gasteiger partial charge in [-0.2, -0.15) is 0 Å². The summed E-state index contributed by atoms with van der Waals surface area (Å²) in [6, 6.07) is 1.58. The number of ether oxygens (including phenoxy) is 1. The van der Waals surface area contributed by atoms with Crippen molar-refractivity contribution in [3.05, 3.63) is 26.9 Å². The first-order valence-electron chi connectivity index (χ1n) is 4.24. The molecule has 2 heterocycles. The first-order valence-corrected chi connectivity index (χ1v) is 5.79. The molecule has 2 nitrogen and oxygen atoms in total. The summed E-state index contributed by atoms with van der Waals surface area (Å²) in [6.45, 7) is 2.00. The number of hydrogen-bond acceptors (Lipinski definition) is 2. The van der Waals surface area contributed by atoms with Gasteiger partial charge < -0.3 is 4.74 Å². The van der Waals surface area contributed by atoms with Crippen LogP contribution < -0.4 is 0 Å². The molecular formula is C9H10BrCl2NO. The molecule has 0 saturated carbocycles. The van der Waals surface area contributed by atoms with Crippen LogP contribution in [0.5, 0.6) is 0 Å². The monoisotopic (exact) mass is 297 g/mol. The molecule has 1 aliphatic heterocycles. The minimum absolute atomic E-state index is 0.406. The topological polar surface area (TPSA) is 22.1 Å². The molecule has 0 N–H and O–H groups in total. The van der Waals surface area contributed by atoms with Crippen LogP contribution in [0.25, 0.3) is 0 Å². The molecule has 5 heteroatoms. The standard InChI is InChI=1S/C5H2BrCl2N.C4H8O/c6-3-2-9-5(8)1-4(3)7;1-2-4-5-3-1/h1-2H;1-4H2. The van der Waals surface area contributed by atoms with Crippen molar-refractivity contribution in [1.29, 1.82) is 0 Å². The second-order valence-electron chi connectivity index (χ2n) is 2.74. The zero-order chi connectivity index (χ0) is 10.4. The van der Waals surface area contributed by atoms with E-state index in [4.69, 9.17) is 27.9 Å². The summed E-state index contributed by atoms with van der Waals surface area (Å²) in [4.78, 5) is 3.77. The molecule has 0 spiro atoms. The minimum Gasteiger partial charge on any atom is -0.381 e. The van der Waals surface area contributed by atoms with E-state index in [-0.39, 0.29) is 0 Å². The molecule has 1 saturated heterocycles. The number of rotatable bonds is 0. The Balaban J connectivity index is 0.000000165. The van der Waals surface area contributed by atoms with Gasteiger partial charge >= 0.3 is 0 Å². The van der Waals surface area contributed by atoms with Crippen molar-refractivity contribution in [2.24, 2.45) is 0 Å². The van der Waals surface area contributed by atoms with Crippen LogP contribution in [0.15, 0.2) is 16.7 Å². The Bertz CT molecular complexity index is 285. The molecule has 1 aromatic rings. The molecule has 0 amide bonds. The van der Waals surface area contributed by atoms with Crippen molar-refractivity contribution >= 4 is 39.1 Å². The molecule has 0 aliphatic carbocycles. The lowest BCUT2D eigenvalue weighted by atomic mass is 10.4. The van der Waals surface area contributed by atoms with Gasteiger partial charge in [0.05, 0.1) is 9.50 Å². The number of aromatic nitrogens is 1. The van der Waals surface area contributed by atoms with Crippen LogP contribution >= 0.6 is 39.1 Å². The predicted molar refractivity (Wildman–Crippen MR) is 62.0 cm³/mol. The summed E-state index contributed by atoms with van der Waals surface area (Å²) in [5.74, 6) is 0. The third kappa shape index (κ3) is 4.60. The van der Waals surface area contributed by atoms with E-state index in [0.29, 0.717) is 10.2 Å². The fourth-order valence-corrected chi connectivity index (χ4v) is 1.48. The lowest BCUT2D eigenvalue weighted by molar-refractivity contribution is 0.198. The zero-order valence-corrected chi connectivity index (χ0v) is 10.6. The molecule has 0 radical (unpaired) electrons. The van der Waals surface area contributed by atoms with Gasteiger partial charge in [-0.15, -0.1) is 0 Å². The maximum atomic E-state index is 5.64. The number of pyridine rings is 1. The van der Waals surface area contributed by atoms with E-state index < -0.39 is 0 Å². The summed E-state index contributed by atoms with van der Waals surface area (Å²) in [5, 5.41) is 0.984. The lowest BCUT2D eigenvalue weighted by Gasteiger charge is -1.92. The molecule has 78 valence electrons. The third-order valence-electron chi connectivity index (χ3n) is 1.60. The van der Waals surface area contributed by atoms with Gasteiger partial charge in [0.25, 0.3) is 0 Å². The second-order valence-corrected chi connectivity index (χ2v) is 4.39. The van der Waals surface area contributed by atoms with Gasteiger partial charge in [0.1, 0.15) is 5.15 Å². The van der Waals surface area contributed by atoms with Gasteiger partial charge in [-0.1, -0.05) is 23.2 Å². The molecule has 1 aliphatic rings. The molecule has 0 unspecified atom stereocenters. The molecule has 0 aromatic carbocycles. The van der Waals surface area contributed by atoms with Crippen LogP contribution in [0.2, 0.25) is 10.2 Å². The van der Waals surface area contributed by atoms with E-state index >= 15 is 0 Å². The lowest BCUT2D eigenvalue weighted by Crippen LogP contribution is -1.74. The highest BCUT2D eigenvalue weighted by Crippen LogP contribution is 2.22. The quantitative estimate of drug-likeness (QED) is 0.677. The van der Waals surface area contributed by atoms with Crippen molar-refractivity contribution in [3.63, 3.8) is 0 Å². The number of halogens is 3. The zero-order valence-electron chi connectivity index (χ0n) is 7.47. The summed E-state index contributed by atoms with van der Waals surface area (Å²) >= 11 is 14.3. The van der Waals surface area contributed by atoms with Crippen molar-refractivity contribution in [2.45, 2.75) is 12.8 Å². The van der Waals surface area contributed by atoms with E-state index in [9.17, 15) is 0 Å². The number of hydrogen-bond donors (Lipinski definition) is 0. The highest BCUT2D eigenvalue weighted by atomic mass is 79.9. The Morgan fingerprint density at radius 1 is 1.29 bits per heavy atom. The van der Waals surface area contributed by atoms with Crippen LogP contribution in [0, 0.1) is 0 Å². The van der Waals surface area contributed by atoms with E-state index in [1.807, 2.05) is 0 Å². The maximum absolute atomic E-state index is 5.64. The second kappa shape index (κ2) is 6.62. The summed E-state index contributed by atoms with van der Waals surface area (Å²) in [5.41, 5.74) is 0. The summed E-state index contributed by atoms with van der Waals surface area (Å²) in [6.07, 6.45) is 4.12. The van der Waals surface area contributed by atoms with Crippen molar-refractivity contribution < 1.29 is 4.74 Å². The smallest absolute Gasteiger partial charge is 0.130 e. The van der Waals surface area contributed by atoms with E-state index in [1.165, 1.54) is 12.8 Å². The van der Waals surface area contributed by atoms with Gasteiger partial charge in [0, 0.05) is 19.4 Å². The van der Waals surface area contributed by atoms with Gasteiger partial charge in [0.15, 0.2) is 0 Å². The average molecular weight is 299 g/mol. The largest absolute Gasteiger partial charge is 0.381 e. The van der Waals surface area contributed by atoms with E-state index in [2.05, 4.69) is 20.9 Å². The average Bonchev–Trinajstić information content (AvgIpc) is 2.69. The predicted octanol–water partition coefficient (Wildman–Crippen LogP) is 3.95. The fourth-order valence-electron chi connectivity index (χ4n) is 0.901. The third-order valence-corrected chi connectivity index (χ3v) is 2.98. The normalized spacial score (nSPS) is 14.8. The molecule has 0 bridgehead atoms. The SMILES string of the molecule is C1CCOC1.Clc1cc(Cl)c(Br)cn1. The Kier molecular flexibility index (Phi) is 5.78. The van der Waals surface area contributed by atoms with Crippen LogP contribution in [0.3, 0.4) is 0 Å². The van der Waals surface area contributed by atoms with E-state index in [0.717, 1.165) is 17.7 Å². The van der Waals surface area contributed by atoms with Crippen molar-refractivity contribution in [2.75, 3.05) is 13.2 Å². The van der Waals surface area contributed by atoms with E-state index in [1.54, 1.807) is 12.3 Å². The van der Waals surface area contributed by atoms with Crippen LogP contribution in [0.1, 0.15) is 12.8 Å². The first-order chi connectivity index (χ1) is 6.70. The first kappa shape index (κ1) is 12.2. The number of nitrogens with zero attached hydrogens (tertiary/aromatic N) is 1.